The van der Waals surface area contributed by atoms with E-state index in [2.05, 4.69) is 13.2 Å². The summed E-state index contributed by atoms with van der Waals surface area (Å²) in [6.45, 7) is 13.6. The van der Waals surface area contributed by atoms with Crippen molar-refractivity contribution in [2.24, 2.45) is 0 Å². The van der Waals surface area contributed by atoms with Crippen molar-refractivity contribution >= 4 is 23.6 Å². The maximum absolute atomic E-state index is 5.59. The second-order valence-electron chi connectivity index (χ2n) is 3.29. The summed E-state index contributed by atoms with van der Waals surface area (Å²) in [6.07, 6.45) is 3.68. The number of allylic oxidation sites excluding steroid dienone is 1. The van der Waals surface area contributed by atoms with E-state index in [-0.39, 0.29) is 0 Å². The average molecular weight is 214 g/mol. The number of furan rings is 1. The molecular formula is C15H18O. The third-order valence-corrected chi connectivity index (χ3v) is 2.31. The molecule has 84 valence electrons. The first-order chi connectivity index (χ1) is 7.74. The highest BCUT2D eigenvalue weighted by molar-refractivity contribution is 5.82. The Bertz CT molecular complexity index is 588. The molecule has 0 radical (unpaired) electrons. The van der Waals surface area contributed by atoms with Gasteiger partial charge in [0.15, 0.2) is 0 Å². The quantitative estimate of drug-likeness (QED) is 0.710. The molecule has 0 aliphatic rings. The van der Waals surface area contributed by atoms with Gasteiger partial charge < -0.3 is 4.42 Å². The van der Waals surface area contributed by atoms with Crippen LogP contribution in [0.3, 0.4) is 0 Å². The summed E-state index contributed by atoms with van der Waals surface area (Å²) >= 11 is 0. The van der Waals surface area contributed by atoms with Crippen LogP contribution in [0.15, 0.2) is 35.3 Å². The molecule has 1 heterocycles. The maximum atomic E-state index is 5.59. The lowest BCUT2D eigenvalue weighted by Gasteiger charge is -1.91. The Morgan fingerprint density at radius 1 is 1.25 bits per heavy atom. The first kappa shape index (κ1) is 12.3. The van der Waals surface area contributed by atoms with Gasteiger partial charge in [-0.25, -0.2) is 0 Å². The highest BCUT2D eigenvalue weighted by Crippen LogP contribution is 2.12. The Labute approximate surface area is 96.4 Å². The van der Waals surface area contributed by atoms with Gasteiger partial charge in [-0.15, -0.1) is 0 Å². The average Bonchev–Trinajstić information content (AvgIpc) is 2.62. The van der Waals surface area contributed by atoms with E-state index >= 15 is 0 Å². The highest BCUT2D eigenvalue weighted by Gasteiger charge is 2.02. The van der Waals surface area contributed by atoms with Crippen molar-refractivity contribution in [1.82, 2.24) is 0 Å². The van der Waals surface area contributed by atoms with Crippen molar-refractivity contribution in [2.75, 3.05) is 0 Å². The predicted octanol–water partition coefficient (Wildman–Crippen LogP) is 3.14. The molecule has 0 amide bonds. The van der Waals surface area contributed by atoms with Crippen molar-refractivity contribution in [3.63, 3.8) is 0 Å². The van der Waals surface area contributed by atoms with Crippen LogP contribution in [0.2, 0.25) is 0 Å². The van der Waals surface area contributed by atoms with Crippen LogP contribution in [0, 0.1) is 6.92 Å². The Kier molecular flexibility index (Phi) is 4.12. The largest absolute Gasteiger partial charge is 0.456 e. The Balaban J connectivity index is 0.000000606. The first-order valence-corrected chi connectivity index (χ1v) is 5.54. The monoisotopic (exact) mass is 214 g/mol. The molecule has 1 aromatic carbocycles. The van der Waals surface area contributed by atoms with E-state index in [4.69, 9.17) is 4.42 Å². The minimum atomic E-state index is 0.703. The fourth-order valence-electron chi connectivity index (χ4n) is 1.63. The Hall–Kier alpha value is -1.76. The van der Waals surface area contributed by atoms with Gasteiger partial charge in [-0.1, -0.05) is 57.4 Å². The Morgan fingerprint density at radius 3 is 2.56 bits per heavy atom. The molecule has 0 bridgehead atoms. The third kappa shape index (κ3) is 2.08. The molecule has 2 aromatic rings. The van der Waals surface area contributed by atoms with E-state index in [0.717, 1.165) is 21.8 Å². The minimum Gasteiger partial charge on any atom is -0.456 e. The van der Waals surface area contributed by atoms with Gasteiger partial charge in [0.2, 0.25) is 0 Å². The molecular weight excluding hydrogens is 196 g/mol. The van der Waals surface area contributed by atoms with Gasteiger partial charge in [0.25, 0.3) is 0 Å². The smallest absolute Gasteiger partial charge is 0.138 e. The van der Waals surface area contributed by atoms with Gasteiger partial charge in [-0.2, -0.15) is 0 Å². The lowest BCUT2D eigenvalue weighted by atomic mass is 10.1. The van der Waals surface area contributed by atoms with E-state index in [1.165, 1.54) is 0 Å². The minimum absolute atomic E-state index is 0.703. The molecule has 0 atom stereocenters. The normalized spacial score (nSPS) is 11.1. The van der Waals surface area contributed by atoms with Crippen molar-refractivity contribution in [2.45, 2.75) is 20.8 Å². The van der Waals surface area contributed by atoms with Gasteiger partial charge in [-0.3, -0.25) is 0 Å². The predicted molar refractivity (Wildman–Crippen MR) is 71.7 cm³/mol. The lowest BCUT2D eigenvalue weighted by molar-refractivity contribution is 0.575. The highest BCUT2D eigenvalue weighted by atomic mass is 16.3. The summed E-state index contributed by atoms with van der Waals surface area (Å²) < 4.78 is 5.59. The van der Waals surface area contributed by atoms with E-state index in [1.807, 2.05) is 45.0 Å². The topological polar surface area (TPSA) is 13.1 Å². The third-order valence-electron chi connectivity index (χ3n) is 2.31. The summed E-state index contributed by atoms with van der Waals surface area (Å²) in [6, 6.07) is 6.09. The SMILES string of the molecule is C=C/C=c1\c(=C)oc2c(C)cccc12.CC. The van der Waals surface area contributed by atoms with Crippen LogP contribution in [-0.2, 0) is 0 Å². The molecule has 0 spiro atoms. The van der Waals surface area contributed by atoms with Crippen LogP contribution in [0.25, 0.3) is 23.6 Å². The zero-order chi connectivity index (χ0) is 12.1. The van der Waals surface area contributed by atoms with Crippen LogP contribution in [-0.4, -0.2) is 0 Å². The summed E-state index contributed by atoms with van der Waals surface area (Å²) in [5.74, 6) is 0. The van der Waals surface area contributed by atoms with Crippen molar-refractivity contribution in [3.8, 4) is 0 Å². The van der Waals surface area contributed by atoms with E-state index in [9.17, 15) is 0 Å². The lowest BCUT2D eigenvalue weighted by Crippen LogP contribution is -2.17. The van der Waals surface area contributed by atoms with Gasteiger partial charge in [0, 0.05) is 10.6 Å². The van der Waals surface area contributed by atoms with Crippen LogP contribution in [0.5, 0.6) is 0 Å². The number of fused-ring (bicyclic) bond motifs is 1. The molecule has 0 N–H and O–H groups in total. The molecule has 0 aliphatic carbocycles. The number of rotatable bonds is 1. The van der Waals surface area contributed by atoms with E-state index in [1.54, 1.807) is 6.08 Å². The van der Waals surface area contributed by atoms with Crippen molar-refractivity contribution in [3.05, 3.63) is 47.1 Å². The Morgan fingerprint density at radius 2 is 1.94 bits per heavy atom. The van der Waals surface area contributed by atoms with Gasteiger partial charge in [0.1, 0.15) is 11.0 Å². The number of aryl methyl sites for hydroxylation is 1. The second-order valence-corrected chi connectivity index (χ2v) is 3.29. The zero-order valence-corrected chi connectivity index (χ0v) is 10.2. The summed E-state index contributed by atoms with van der Waals surface area (Å²) in [5.41, 5.74) is 2.76. The van der Waals surface area contributed by atoms with Crippen LogP contribution in [0.4, 0.5) is 0 Å². The van der Waals surface area contributed by atoms with Crippen LogP contribution in [0.1, 0.15) is 19.4 Å². The summed E-state index contributed by atoms with van der Waals surface area (Å²) in [7, 11) is 0. The number of hydrogen-bond acceptors (Lipinski definition) is 1. The fraction of sp³-hybridized carbons (Fsp3) is 0.200. The van der Waals surface area contributed by atoms with E-state index < -0.39 is 0 Å². The molecule has 0 saturated heterocycles. The molecule has 0 fully saturated rings. The van der Waals surface area contributed by atoms with Gasteiger partial charge in [-0.05, 0) is 12.5 Å². The fourth-order valence-corrected chi connectivity index (χ4v) is 1.63. The standard InChI is InChI=1S/C13H12O.C2H6/c1-4-6-11-10(3)14-13-9(2)7-5-8-12(11)13;1-2/h4-8H,1,3H2,2H3;1-2H3/b11-6+;. The second kappa shape index (κ2) is 5.36. The van der Waals surface area contributed by atoms with Gasteiger partial charge >= 0.3 is 0 Å². The van der Waals surface area contributed by atoms with Crippen molar-refractivity contribution in [1.29, 1.82) is 0 Å². The van der Waals surface area contributed by atoms with Gasteiger partial charge in [0.05, 0.1) is 0 Å². The molecule has 1 aromatic heterocycles. The first-order valence-electron chi connectivity index (χ1n) is 5.54. The molecule has 0 saturated carbocycles. The number of para-hydroxylation sites is 1. The number of hydrogen-bond donors (Lipinski definition) is 0. The molecule has 1 nitrogen and oxygen atoms in total. The number of benzene rings is 1. The van der Waals surface area contributed by atoms with E-state index in [0.29, 0.717) is 5.42 Å². The molecule has 1 heteroatoms. The molecule has 0 unspecified atom stereocenters. The molecule has 0 aliphatic heterocycles. The summed E-state index contributed by atoms with van der Waals surface area (Å²) in [5, 5.41) is 2.13. The molecule has 2 rings (SSSR count). The van der Waals surface area contributed by atoms with Crippen molar-refractivity contribution < 1.29 is 4.42 Å². The van der Waals surface area contributed by atoms with Crippen LogP contribution < -0.4 is 10.6 Å². The summed E-state index contributed by atoms with van der Waals surface area (Å²) in [4.78, 5) is 0. The zero-order valence-electron chi connectivity index (χ0n) is 10.2. The molecule has 16 heavy (non-hydrogen) atoms. The van der Waals surface area contributed by atoms with Crippen LogP contribution >= 0.6 is 0 Å². The maximum Gasteiger partial charge on any atom is 0.138 e.